The zero-order valence-corrected chi connectivity index (χ0v) is 12.4. The Morgan fingerprint density at radius 1 is 1.32 bits per heavy atom. The van der Waals surface area contributed by atoms with Gasteiger partial charge in [-0.25, -0.2) is 8.78 Å². The number of piperazine rings is 1. The van der Waals surface area contributed by atoms with Crippen LogP contribution in [0.2, 0.25) is 0 Å². The molecule has 120 valence electrons. The van der Waals surface area contributed by atoms with Gasteiger partial charge in [-0.3, -0.25) is 9.59 Å². The van der Waals surface area contributed by atoms with Crippen molar-refractivity contribution in [2.75, 3.05) is 26.2 Å². The van der Waals surface area contributed by atoms with Gasteiger partial charge in [0.25, 0.3) is 0 Å². The number of hydrogen-bond donors (Lipinski definition) is 2. The van der Waals surface area contributed by atoms with Crippen molar-refractivity contribution < 1.29 is 18.4 Å². The molecule has 7 heteroatoms. The van der Waals surface area contributed by atoms with Crippen molar-refractivity contribution in [1.29, 1.82) is 0 Å². The lowest BCUT2D eigenvalue weighted by molar-refractivity contribution is -0.132. The molecule has 2 rings (SSSR count). The largest absolute Gasteiger partial charge is 0.349 e. The number of nitrogens with zero attached hydrogens (tertiary/aromatic N) is 1. The van der Waals surface area contributed by atoms with Gasteiger partial charge in [0.2, 0.25) is 11.8 Å². The number of halogens is 2. The van der Waals surface area contributed by atoms with Crippen molar-refractivity contribution in [3.63, 3.8) is 0 Å². The summed E-state index contributed by atoms with van der Waals surface area (Å²) in [5.74, 6) is -2.01. The lowest BCUT2D eigenvalue weighted by Gasteiger charge is -2.29. The maximum atomic E-state index is 13.9. The molecule has 1 atom stereocenters. The molecule has 22 heavy (non-hydrogen) atoms. The monoisotopic (exact) mass is 311 g/mol. The molecule has 0 aliphatic carbocycles. The molecule has 0 spiro atoms. The zero-order chi connectivity index (χ0) is 16.1. The highest BCUT2D eigenvalue weighted by molar-refractivity contribution is 5.79. The van der Waals surface area contributed by atoms with E-state index in [0.29, 0.717) is 26.2 Å². The average molecular weight is 311 g/mol. The minimum absolute atomic E-state index is 0.0534. The molecule has 1 heterocycles. The topological polar surface area (TPSA) is 61.4 Å². The lowest BCUT2D eigenvalue weighted by Crippen LogP contribution is -2.47. The standard InChI is InChI=1S/C15H19F2N3O2/c1-10(21)19-14(12-3-2-11(16)8-13(12)17)9-15(22)20-6-4-18-5-7-20/h2-3,8,14,18H,4-7,9H2,1H3,(H,19,21). The van der Waals surface area contributed by atoms with Gasteiger partial charge in [-0.15, -0.1) is 0 Å². The molecule has 1 unspecified atom stereocenters. The van der Waals surface area contributed by atoms with Crippen molar-refractivity contribution in [2.24, 2.45) is 0 Å². The second-order valence-corrected chi connectivity index (χ2v) is 5.25. The number of carbonyl (C=O) groups excluding carboxylic acids is 2. The normalized spacial score (nSPS) is 16.2. The summed E-state index contributed by atoms with van der Waals surface area (Å²) in [7, 11) is 0. The van der Waals surface area contributed by atoms with E-state index in [1.54, 1.807) is 4.90 Å². The van der Waals surface area contributed by atoms with Crippen molar-refractivity contribution in [3.05, 3.63) is 35.4 Å². The van der Waals surface area contributed by atoms with E-state index in [1.165, 1.54) is 13.0 Å². The van der Waals surface area contributed by atoms with Gasteiger partial charge in [0.05, 0.1) is 12.5 Å². The van der Waals surface area contributed by atoms with Gasteiger partial charge in [0.15, 0.2) is 0 Å². The Hall–Kier alpha value is -2.02. The van der Waals surface area contributed by atoms with Crippen molar-refractivity contribution >= 4 is 11.8 Å². The molecule has 0 aromatic heterocycles. The summed E-state index contributed by atoms with van der Waals surface area (Å²) in [6, 6.07) is 2.32. The summed E-state index contributed by atoms with van der Waals surface area (Å²) >= 11 is 0. The molecule has 2 amide bonds. The quantitative estimate of drug-likeness (QED) is 0.871. The van der Waals surface area contributed by atoms with E-state index in [-0.39, 0.29) is 23.8 Å². The van der Waals surface area contributed by atoms with Crippen LogP contribution in [-0.4, -0.2) is 42.9 Å². The van der Waals surface area contributed by atoms with Crippen LogP contribution >= 0.6 is 0 Å². The Balaban J connectivity index is 2.14. The summed E-state index contributed by atoms with van der Waals surface area (Å²) in [5, 5.41) is 5.70. The van der Waals surface area contributed by atoms with Crippen LogP contribution in [0.5, 0.6) is 0 Å². The number of carbonyl (C=O) groups is 2. The average Bonchev–Trinajstić information content (AvgIpc) is 2.47. The third kappa shape index (κ3) is 4.24. The van der Waals surface area contributed by atoms with Crippen LogP contribution in [0.15, 0.2) is 18.2 Å². The van der Waals surface area contributed by atoms with E-state index in [2.05, 4.69) is 10.6 Å². The third-order valence-electron chi connectivity index (χ3n) is 3.56. The fraction of sp³-hybridized carbons (Fsp3) is 0.467. The number of hydrogen-bond acceptors (Lipinski definition) is 3. The van der Waals surface area contributed by atoms with Crippen LogP contribution in [-0.2, 0) is 9.59 Å². The van der Waals surface area contributed by atoms with E-state index < -0.39 is 17.7 Å². The first kappa shape index (κ1) is 16.4. The first-order valence-electron chi connectivity index (χ1n) is 7.18. The first-order valence-corrected chi connectivity index (χ1v) is 7.18. The van der Waals surface area contributed by atoms with Gasteiger partial charge in [0, 0.05) is 44.7 Å². The van der Waals surface area contributed by atoms with Gasteiger partial charge in [-0.2, -0.15) is 0 Å². The van der Waals surface area contributed by atoms with Crippen LogP contribution < -0.4 is 10.6 Å². The number of amides is 2. The van der Waals surface area contributed by atoms with Crippen molar-refractivity contribution in [2.45, 2.75) is 19.4 Å². The predicted octanol–water partition coefficient (Wildman–Crippen LogP) is 0.964. The van der Waals surface area contributed by atoms with E-state index in [4.69, 9.17) is 0 Å². The summed E-state index contributed by atoms with van der Waals surface area (Å²) in [6.07, 6.45) is -0.0534. The second kappa shape index (κ2) is 7.31. The van der Waals surface area contributed by atoms with E-state index >= 15 is 0 Å². The highest BCUT2D eigenvalue weighted by atomic mass is 19.1. The lowest BCUT2D eigenvalue weighted by atomic mass is 10.0. The Labute approximate surface area is 127 Å². The van der Waals surface area contributed by atoms with E-state index in [0.717, 1.165) is 12.1 Å². The van der Waals surface area contributed by atoms with Crippen molar-refractivity contribution in [1.82, 2.24) is 15.5 Å². The fourth-order valence-electron chi connectivity index (χ4n) is 2.49. The summed E-state index contributed by atoms with van der Waals surface area (Å²) in [4.78, 5) is 25.3. The molecule has 1 fully saturated rings. The van der Waals surface area contributed by atoms with Gasteiger partial charge in [-0.05, 0) is 6.07 Å². The molecule has 1 aliphatic rings. The maximum Gasteiger partial charge on any atom is 0.225 e. The van der Waals surface area contributed by atoms with Gasteiger partial charge in [-0.1, -0.05) is 6.07 Å². The Morgan fingerprint density at radius 3 is 2.59 bits per heavy atom. The minimum atomic E-state index is -0.805. The van der Waals surface area contributed by atoms with Crippen LogP contribution in [0.25, 0.3) is 0 Å². The van der Waals surface area contributed by atoms with Gasteiger partial charge in [0.1, 0.15) is 11.6 Å². The maximum absolute atomic E-state index is 13.9. The third-order valence-corrected chi connectivity index (χ3v) is 3.56. The molecular formula is C15H19F2N3O2. The Kier molecular flexibility index (Phi) is 5.43. The molecule has 0 bridgehead atoms. The Bertz CT molecular complexity index is 560. The van der Waals surface area contributed by atoms with Gasteiger partial charge >= 0.3 is 0 Å². The fourth-order valence-corrected chi connectivity index (χ4v) is 2.49. The molecule has 1 aliphatic heterocycles. The molecule has 2 N–H and O–H groups in total. The molecule has 1 aromatic carbocycles. The summed E-state index contributed by atoms with van der Waals surface area (Å²) in [5.41, 5.74) is 0.111. The number of benzene rings is 1. The molecule has 1 aromatic rings. The highest BCUT2D eigenvalue weighted by Crippen LogP contribution is 2.22. The predicted molar refractivity (Wildman–Crippen MR) is 77.0 cm³/mol. The van der Waals surface area contributed by atoms with E-state index in [9.17, 15) is 18.4 Å². The number of nitrogens with one attached hydrogen (secondary N) is 2. The molecule has 0 radical (unpaired) electrons. The molecular weight excluding hydrogens is 292 g/mol. The van der Waals surface area contributed by atoms with Crippen LogP contribution in [0.3, 0.4) is 0 Å². The minimum Gasteiger partial charge on any atom is -0.349 e. The van der Waals surface area contributed by atoms with Crippen molar-refractivity contribution in [3.8, 4) is 0 Å². The van der Waals surface area contributed by atoms with Crippen LogP contribution in [0, 0.1) is 11.6 Å². The first-order chi connectivity index (χ1) is 10.5. The molecule has 5 nitrogen and oxygen atoms in total. The smallest absolute Gasteiger partial charge is 0.225 e. The molecule has 1 saturated heterocycles. The highest BCUT2D eigenvalue weighted by Gasteiger charge is 2.24. The summed E-state index contributed by atoms with van der Waals surface area (Å²) in [6.45, 7) is 3.88. The van der Waals surface area contributed by atoms with Crippen LogP contribution in [0.1, 0.15) is 24.9 Å². The molecule has 0 saturated carbocycles. The SMILES string of the molecule is CC(=O)NC(CC(=O)N1CCNCC1)c1ccc(F)cc1F. The van der Waals surface area contributed by atoms with Gasteiger partial charge < -0.3 is 15.5 Å². The second-order valence-electron chi connectivity index (χ2n) is 5.25. The Morgan fingerprint density at radius 2 is 2.00 bits per heavy atom. The van der Waals surface area contributed by atoms with E-state index in [1.807, 2.05) is 0 Å². The van der Waals surface area contributed by atoms with Crippen LogP contribution in [0.4, 0.5) is 8.78 Å². The zero-order valence-electron chi connectivity index (χ0n) is 12.4. The number of rotatable bonds is 4. The summed E-state index contributed by atoms with van der Waals surface area (Å²) < 4.78 is 26.9.